The number of hydrogen-bond donors (Lipinski definition) is 1. The summed E-state index contributed by atoms with van der Waals surface area (Å²) in [6.45, 7) is 0. The molecule has 1 fully saturated rings. The summed E-state index contributed by atoms with van der Waals surface area (Å²) in [6.07, 6.45) is 7.28. The SMILES string of the molecule is O=C(CSc1nnc(C2CCCCC2)o1)Nc1ncc(Cl)cc1Cl. The molecule has 2 aromatic rings. The quantitative estimate of drug-likeness (QED) is 0.758. The van der Waals surface area contributed by atoms with Gasteiger partial charge in [0.1, 0.15) is 0 Å². The molecular formula is C15H16Cl2N4O2S. The Kier molecular flexibility index (Phi) is 5.97. The lowest BCUT2D eigenvalue weighted by Crippen LogP contribution is -2.15. The molecule has 0 spiro atoms. The molecule has 0 saturated heterocycles. The van der Waals surface area contributed by atoms with Crippen LogP contribution < -0.4 is 5.32 Å². The van der Waals surface area contributed by atoms with Crippen LogP contribution in [-0.4, -0.2) is 26.8 Å². The van der Waals surface area contributed by atoms with Gasteiger partial charge in [-0.05, 0) is 18.9 Å². The maximum Gasteiger partial charge on any atom is 0.277 e. The molecule has 0 unspecified atom stereocenters. The van der Waals surface area contributed by atoms with Crippen molar-refractivity contribution in [1.29, 1.82) is 0 Å². The van der Waals surface area contributed by atoms with Crippen molar-refractivity contribution in [2.75, 3.05) is 11.1 Å². The zero-order chi connectivity index (χ0) is 16.9. The molecule has 0 aromatic carbocycles. The molecule has 24 heavy (non-hydrogen) atoms. The summed E-state index contributed by atoms with van der Waals surface area (Å²) in [5.41, 5.74) is 0. The summed E-state index contributed by atoms with van der Waals surface area (Å²) in [7, 11) is 0. The Balaban J connectivity index is 1.52. The molecular weight excluding hydrogens is 371 g/mol. The van der Waals surface area contributed by atoms with Crippen LogP contribution in [-0.2, 0) is 4.79 Å². The summed E-state index contributed by atoms with van der Waals surface area (Å²) in [4.78, 5) is 16.0. The average molecular weight is 387 g/mol. The van der Waals surface area contributed by atoms with E-state index in [1.165, 1.54) is 43.3 Å². The molecule has 1 N–H and O–H groups in total. The van der Waals surface area contributed by atoms with Crippen molar-refractivity contribution in [3.8, 4) is 0 Å². The third-order valence-electron chi connectivity index (χ3n) is 3.77. The summed E-state index contributed by atoms with van der Waals surface area (Å²) >= 11 is 12.9. The van der Waals surface area contributed by atoms with E-state index in [9.17, 15) is 4.79 Å². The van der Waals surface area contributed by atoms with Gasteiger partial charge >= 0.3 is 0 Å². The summed E-state index contributed by atoms with van der Waals surface area (Å²) < 4.78 is 5.66. The summed E-state index contributed by atoms with van der Waals surface area (Å²) in [5, 5.41) is 11.8. The molecule has 1 aliphatic carbocycles. The molecule has 6 nitrogen and oxygen atoms in total. The van der Waals surface area contributed by atoms with Crippen LogP contribution in [0.4, 0.5) is 5.82 Å². The topological polar surface area (TPSA) is 80.9 Å². The third kappa shape index (κ3) is 4.62. The summed E-state index contributed by atoms with van der Waals surface area (Å²) in [5.74, 6) is 1.19. The standard InChI is InChI=1S/C15H16Cl2N4O2S/c16-10-6-11(17)13(18-7-10)19-12(22)8-24-15-21-20-14(23-15)9-4-2-1-3-5-9/h6-7,9H,1-5,8H2,(H,18,19,22). The Bertz CT molecular complexity index is 719. The minimum atomic E-state index is -0.255. The number of carbonyl (C=O) groups is 1. The Morgan fingerprint density at radius 3 is 2.83 bits per heavy atom. The molecule has 2 heterocycles. The van der Waals surface area contributed by atoms with Crippen LogP contribution in [0.5, 0.6) is 0 Å². The highest BCUT2D eigenvalue weighted by Gasteiger charge is 2.21. The zero-order valence-electron chi connectivity index (χ0n) is 12.8. The van der Waals surface area contributed by atoms with E-state index in [0.29, 0.717) is 27.1 Å². The first-order valence-electron chi connectivity index (χ1n) is 7.69. The second-order valence-corrected chi connectivity index (χ2v) is 7.33. The number of aromatic nitrogens is 3. The van der Waals surface area contributed by atoms with E-state index >= 15 is 0 Å². The van der Waals surface area contributed by atoms with Gasteiger partial charge in [-0.2, -0.15) is 0 Å². The monoisotopic (exact) mass is 386 g/mol. The fourth-order valence-corrected chi connectivity index (χ4v) is 3.59. The maximum atomic E-state index is 12.0. The van der Waals surface area contributed by atoms with Crippen molar-refractivity contribution >= 4 is 46.7 Å². The number of pyridine rings is 1. The molecule has 0 atom stereocenters. The third-order valence-corrected chi connectivity index (χ3v) is 5.08. The number of amides is 1. The lowest BCUT2D eigenvalue weighted by atomic mass is 9.89. The van der Waals surface area contributed by atoms with Crippen molar-refractivity contribution < 1.29 is 9.21 Å². The normalized spacial score (nSPS) is 15.4. The molecule has 9 heteroatoms. The van der Waals surface area contributed by atoms with Crippen LogP contribution in [0.3, 0.4) is 0 Å². The van der Waals surface area contributed by atoms with Crippen LogP contribution in [0.15, 0.2) is 21.9 Å². The number of hydrogen-bond acceptors (Lipinski definition) is 6. The number of nitrogens with zero attached hydrogens (tertiary/aromatic N) is 3. The first kappa shape index (κ1) is 17.5. The molecule has 0 aliphatic heterocycles. The van der Waals surface area contributed by atoms with Gasteiger partial charge in [-0.3, -0.25) is 4.79 Å². The molecule has 2 aromatic heterocycles. The Morgan fingerprint density at radius 2 is 2.08 bits per heavy atom. The highest BCUT2D eigenvalue weighted by Crippen LogP contribution is 2.33. The Morgan fingerprint density at radius 1 is 1.29 bits per heavy atom. The molecule has 1 aliphatic rings. The van der Waals surface area contributed by atoms with Crippen molar-refractivity contribution in [2.45, 2.75) is 43.2 Å². The fourth-order valence-electron chi connectivity index (χ4n) is 2.60. The average Bonchev–Trinajstić information content (AvgIpc) is 3.05. The first-order chi connectivity index (χ1) is 11.6. The summed E-state index contributed by atoms with van der Waals surface area (Å²) in [6, 6.07) is 1.52. The van der Waals surface area contributed by atoms with Gasteiger partial charge in [-0.15, -0.1) is 10.2 Å². The number of halogens is 2. The number of rotatable bonds is 5. The number of anilines is 1. The van der Waals surface area contributed by atoms with Crippen molar-refractivity contribution in [1.82, 2.24) is 15.2 Å². The van der Waals surface area contributed by atoms with Crippen molar-refractivity contribution in [3.05, 3.63) is 28.2 Å². The number of carbonyl (C=O) groups excluding carboxylic acids is 1. The van der Waals surface area contributed by atoms with E-state index in [1.54, 1.807) is 0 Å². The highest BCUT2D eigenvalue weighted by molar-refractivity contribution is 7.99. The fraction of sp³-hybridized carbons (Fsp3) is 0.467. The smallest absolute Gasteiger partial charge is 0.277 e. The van der Waals surface area contributed by atoms with Gasteiger partial charge in [0, 0.05) is 12.1 Å². The van der Waals surface area contributed by atoms with Gasteiger partial charge in [0.2, 0.25) is 11.8 Å². The van der Waals surface area contributed by atoms with Crippen LogP contribution >= 0.6 is 35.0 Å². The van der Waals surface area contributed by atoms with E-state index in [0.717, 1.165) is 12.8 Å². The predicted octanol–water partition coefficient (Wildman–Crippen LogP) is 4.55. The van der Waals surface area contributed by atoms with Gasteiger partial charge in [-0.1, -0.05) is 54.2 Å². The van der Waals surface area contributed by atoms with Gasteiger partial charge in [0.25, 0.3) is 5.22 Å². The zero-order valence-corrected chi connectivity index (χ0v) is 15.1. The van der Waals surface area contributed by atoms with Crippen LogP contribution in [0.25, 0.3) is 0 Å². The molecule has 3 rings (SSSR count). The van der Waals surface area contributed by atoms with Crippen molar-refractivity contribution in [2.24, 2.45) is 0 Å². The lowest BCUT2D eigenvalue weighted by Gasteiger charge is -2.17. The Hall–Kier alpha value is -1.31. The van der Waals surface area contributed by atoms with E-state index < -0.39 is 0 Å². The van der Waals surface area contributed by atoms with Crippen LogP contribution in [0.1, 0.15) is 43.9 Å². The lowest BCUT2D eigenvalue weighted by molar-refractivity contribution is -0.113. The predicted molar refractivity (Wildman–Crippen MR) is 93.7 cm³/mol. The largest absolute Gasteiger partial charge is 0.416 e. The molecule has 0 bridgehead atoms. The van der Waals surface area contributed by atoms with Gasteiger partial charge in [-0.25, -0.2) is 4.98 Å². The highest BCUT2D eigenvalue weighted by atomic mass is 35.5. The van der Waals surface area contributed by atoms with E-state index in [4.69, 9.17) is 27.6 Å². The molecule has 0 radical (unpaired) electrons. The van der Waals surface area contributed by atoms with Gasteiger partial charge in [0.05, 0.1) is 15.8 Å². The molecule has 1 saturated carbocycles. The van der Waals surface area contributed by atoms with Crippen LogP contribution in [0, 0.1) is 0 Å². The second-order valence-electron chi connectivity index (χ2n) is 5.56. The van der Waals surface area contributed by atoms with Gasteiger partial charge in [0.15, 0.2) is 5.82 Å². The molecule has 1 amide bonds. The minimum Gasteiger partial charge on any atom is -0.416 e. The van der Waals surface area contributed by atoms with Crippen molar-refractivity contribution in [3.63, 3.8) is 0 Å². The minimum absolute atomic E-state index is 0.132. The Labute approximate surface area is 153 Å². The van der Waals surface area contributed by atoms with Gasteiger partial charge < -0.3 is 9.73 Å². The van der Waals surface area contributed by atoms with Crippen LogP contribution in [0.2, 0.25) is 10.0 Å². The second kappa shape index (κ2) is 8.18. The maximum absolute atomic E-state index is 12.0. The van der Waals surface area contributed by atoms with E-state index in [1.807, 2.05) is 0 Å². The van der Waals surface area contributed by atoms with E-state index in [-0.39, 0.29) is 17.5 Å². The number of nitrogens with one attached hydrogen (secondary N) is 1. The van der Waals surface area contributed by atoms with E-state index in [2.05, 4.69) is 20.5 Å². The first-order valence-corrected chi connectivity index (χ1v) is 9.43. The number of thioether (sulfide) groups is 1. The molecule has 128 valence electrons.